The first kappa shape index (κ1) is 15.1. The van der Waals surface area contributed by atoms with Crippen molar-refractivity contribution in [2.24, 2.45) is 0 Å². The highest BCUT2D eigenvalue weighted by molar-refractivity contribution is 5.40. The van der Waals surface area contributed by atoms with E-state index in [1.54, 1.807) is 23.0 Å². The third-order valence-electron chi connectivity index (χ3n) is 3.54. The Morgan fingerprint density at radius 3 is 2.61 bits per heavy atom. The van der Waals surface area contributed by atoms with Gasteiger partial charge in [0.2, 0.25) is 0 Å². The molecule has 0 saturated carbocycles. The summed E-state index contributed by atoms with van der Waals surface area (Å²) in [5.74, 6) is 1.93. The van der Waals surface area contributed by atoms with Gasteiger partial charge in [-0.25, -0.2) is 19.3 Å². The Balaban J connectivity index is 1.77. The number of benzene rings is 1. The fraction of sp³-hybridized carbons (Fsp3) is 0.235. The molecule has 118 valence electrons. The Labute approximate surface area is 134 Å². The van der Waals surface area contributed by atoms with Crippen molar-refractivity contribution in [1.82, 2.24) is 19.5 Å². The Morgan fingerprint density at radius 1 is 1.13 bits per heavy atom. The molecular formula is C17H18FN5. The van der Waals surface area contributed by atoms with E-state index in [0.717, 1.165) is 22.9 Å². The number of hydrogen-bond acceptors (Lipinski definition) is 4. The van der Waals surface area contributed by atoms with Crippen LogP contribution in [0.25, 0.3) is 5.69 Å². The fourth-order valence-corrected chi connectivity index (χ4v) is 2.49. The van der Waals surface area contributed by atoms with Crippen LogP contribution in [0.4, 0.5) is 10.2 Å². The molecule has 6 heteroatoms. The van der Waals surface area contributed by atoms with E-state index in [1.165, 1.54) is 6.07 Å². The van der Waals surface area contributed by atoms with E-state index in [1.807, 2.05) is 32.9 Å². The van der Waals surface area contributed by atoms with Crippen LogP contribution in [0, 0.1) is 26.6 Å². The molecule has 2 aromatic heterocycles. The largest absolute Gasteiger partial charge is 0.366 e. The zero-order chi connectivity index (χ0) is 16.4. The second-order valence-corrected chi connectivity index (χ2v) is 5.43. The first-order valence-electron chi connectivity index (χ1n) is 7.38. The third kappa shape index (κ3) is 3.36. The highest BCUT2D eigenvalue weighted by atomic mass is 19.1. The molecule has 0 saturated heterocycles. The summed E-state index contributed by atoms with van der Waals surface area (Å²) >= 11 is 0. The Morgan fingerprint density at radius 2 is 1.96 bits per heavy atom. The molecule has 0 bridgehead atoms. The van der Waals surface area contributed by atoms with Gasteiger partial charge in [-0.15, -0.1) is 0 Å². The van der Waals surface area contributed by atoms with Crippen molar-refractivity contribution in [1.29, 1.82) is 0 Å². The number of halogens is 1. The molecule has 3 aromatic rings. The highest BCUT2D eigenvalue weighted by Crippen LogP contribution is 2.17. The first-order valence-corrected chi connectivity index (χ1v) is 7.38. The van der Waals surface area contributed by atoms with Crippen LogP contribution in [0.3, 0.4) is 0 Å². The van der Waals surface area contributed by atoms with Crippen molar-refractivity contribution < 1.29 is 4.39 Å². The number of rotatable bonds is 4. The van der Waals surface area contributed by atoms with Gasteiger partial charge in [-0.05, 0) is 38.5 Å². The molecule has 0 atom stereocenters. The minimum atomic E-state index is -0.277. The lowest BCUT2D eigenvalue weighted by molar-refractivity contribution is 0.614. The molecule has 0 unspecified atom stereocenters. The van der Waals surface area contributed by atoms with E-state index in [0.29, 0.717) is 18.1 Å². The minimum Gasteiger partial charge on any atom is -0.366 e. The molecule has 3 rings (SSSR count). The van der Waals surface area contributed by atoms with E-state index in [9.17, 15) is 4.39 Å². The summed E-state index contributed by atoms with van der Waals surface area (Å²) < 4.78 is 16.1. The van der Waals surface area contributed by atoms with Crippen molar-refractivity contribution in [3.8, 4) is 5.69 Å². The number of hydrogen-bond donors (Lipinski definition) is 1. The van der Waals surface area contributed by atoms with Crippen LogP contribution in [-0.2, 0) is 6.54 Å². The van der Waals surface area contributed by atoms with E-state index in [-0.39, 0.29) is 5.82 Å². The average Bonchev–Trinajstić information content (AvgIpc) is 2.90. The Bertz CT molecular complexity index is 821. The van der Waals surface area contributed by atoms with Crippen LogP contribution < -0.4 is 5.32 Å². The Kier molecular flexibility index (Phi) is 4.06. The summed E-state index contributed by atoms with van der Waals surface area (Å²) in [6, 6.07) is 7.05. The molecule has 2 heterocycles. The van der Waals surface area contributed by atoms with E-state index >= 15 is 0 Å². The minimum absolute atomic E-state index is 0.277. The number of anilines is 1. The van der Waals surface area contributed by atoms with Crippen LogP contribution in [0.2, 0.25) is 0 Å². The second-order valence-electron chi connectivity index (χ2n) is 5.43. The summed E-state index contributed by atoms with van der Waals surface area (Å²) in [7, 11) is 0. The quantitative estimate of drug-likeness (QED) is 0.803. The molecule has 0 aliphatic rings. The van der Waals surface area contributed by atoms with Crippen LogP contribution in [0.5, 0.6) is 0 Å². The SMILES string of the molecule is Cc1cc(NCc2ccc(-n3ccnc3C)c(F)c2)nc(C)n1. The van der Waals surface area contributed by atoms with E-state index in [4.69, 9.17) is 0 Å². The van der Waals surface area contributed by atoms with Gasteiger partial charge in [-0.1, -0.05) is 6.07 Å². The smallest absolute Gasteiger partial charge is 0.147 e. The van der Waals surface area contributed by atoms with Crippen molar-refractivity contribution >= 4 is 5.82 Å². The summed E-state index contributed by atoms with van der Waals surface area (Å²) in [5.41, 5.74) is 2.24. The van der Waals surface area contributed by atoms with Gasteiger partial charge in [0.1, 0.15) is 23.3 Å². The standard InChI is InChI=1S/C17H18FN5/c1-11-8-17(22-12(2)21-11)20-10-14-4-5-16(15(18)9-14)23-7-6-19-13(23)3/h4-9H,10H2,1-3H3,(H,20,21,22). The zero-order valence-electron chi connectivity index (χ0n) is 13.3. The zero-order valence-corrected chi connectivity index (χ0v) is 13.3. The number of imidazole rings is 1. The normalized spacial score (nSPS) is 10.8. The van der Waals surface area contributed by atoms with Crippen molar-refractivity contribution in [3.05, 3.63) is 65.4 Å². The summed E-state index contributed by atoms with van der Waals surface area (Å²) in [6.45, 7) is 6.10. The van der Waals surface area contributed by atoms with Gasteiger partial charge in [-0.2, -0.15) is 0 Å². The summed E-state index contributed by atoms with van der Waals surface area (Å²) in [6.07, 6.45) is 3.40. The molecule has 1 aromatic carbocycles. The maximum absolute atomic E-state index is 14.3. The van der Waals surface area contributed by atoms with Gasteiger partial charge < -0.3 is 9.88 Å². The summed E-state index contributed by atoms with van der Waals surface area (Å²) in [4.78, 5) is 12.7. The molecule has 0 aliphatic carbocycles. The average molecular weight is 311 g/mol. The van der Waals surface area contributed by atoms with Crippen LogP contribution in [0.1, 0.15) is 22.9 Å². The van der Waals surface area contributed by atoms with E-state index in [2.05, 4.69) is 20.3 Å². The number of aromatic nitrogens is 4. The van der Waals surface area contributed by atoms with Crippen LogP contribution in [-0.4, -0.2) is 19.5 Å². The van der Waals surface area contributed by atoms with Gasteiger partial charge in [0.25, 0.3) is 0 Å². The van der Waals surface area contributed by atoms with Crippen molar-refractivity contribution in [3.63, 3.8) is 0 Å². The van der Waals surface area contributed by atoms with Gasteiger partial charge in [0.05, 0.1) is 5.69 Å². The molecule has 0 radical (unpaired) electrons. The molecule has 5 nitrogen and oxygen atoms in total. The monoisotopic (exact) mass is 311 g/mol. The fourth-order valence-electron chi connectivity index (χ4n) is 2.49. The maximum atomic E-state index is 14.3. The van der Waals surface area contributed by atoms with Gasteiger partial charge in [-0.3, -0.25) is 0 Å². The van der Waals surface area contributed by atoms with Gasteiger partial charge in [0.15, 0.2) is 0 Å². The third-order valence-corrected chi connectivity index (χ3v) is 3.54. The maximum Gasteiger partial charge on any atom is 0.147 e. The number of nitrogens with one attached hydrogen (secondary N) is 1. The molecule has 0 aliphatic heterocycles. The molecule has 0 amide bonds. The van der Waals surface area contributed by atoms with Gasteiger partial charge >= 0.3 is 0 Å². The predicted octanol–water partition coefficient (Wildman–Crippen LogP) is 3.34. The molecule has 23 heavy (non-hydrogen) atoms. The van der Waals surface area contributed by atoms with E-state index < -0.39 is 0 Å². The lowest BCUT2D eigenvalue weighted by Gasteiger charge is -2.10. The van der Waals surface area contributed by atoms with Crippen molar-refractivity contribution in [2.75, 3.05) is 5.32 Å². The number of aryl methyl sites for hydroxylation is 3. The Hall–Kier alpha value is -2.76. The predicted molar refractivity (Wildman–Crippen MR) is 87.1 cm³/mol. The molecule has 0 spiro atoms. The topological polar surface area (TPSA) is 55.6 Å². The molecular weight excluding hydrogens is 293 g/mol. The van der Waals surface area contributed by atoms with Crippen LogP contribution >= 0.6 is 0 Å². The first-order chi connectivity index (χ1) is 11.0. The van der Waals surface area contributed by atoms with Crippen LogP contribution in [0.15, 0.2) is 36.7 Å². The molecule has 0 fully saturated rings. The molecule has 1 N–H and O–H groups in total. The van der Waals surface area contributed by atoms with Gasteiger partial charge in [0, 0.05) is 30.7 Å². The lowest BCUT2D eigenvalue weighted by atomic mass is 10.2. The summed E-state index contributed by atoms with van der Waals surface area (Å²) in [5, 5.41) is 3.20. The highest BCUT2D eigenvalue weighted by Gasteiger charge is 2.08. The van der Waals surface area contributed by atoms with Crippen molar-refractivity contribution in [2.45, 2.75) is 27.3 Å². The number of nitrogens with zero attached hydrogens (tertiary/aromatic N) is 4. The lowest BCUT2D eigenvalue weighted by Crippen LogP contribution is -2.05. The second kappa shape index (κ2) is 6.16.